The first kappa shape index (κ1) is 18.8. The average Bonchev–Trinajstić information content (AvgIpc) is 3.35. The van der Waals surface area contributed by atoms with Gasteiger partial charge in [0.1, 0.15) is 29.2 Å². The first-order valence-electron chi connectivity index (χ1n) is 9.14. The molecule has 1 amide bonds. The lowest BCUT2D eigenvalue weighted by Gasteiger charge is -2.44. The number of fused-ring (bicyclic) bond motifs is 1. The van der Waals surface area contributed by atoms with E-state index < -0.39 is 11.4 Å². The number of hydrogen-bond acceptors (Lipinski definition) is 6. The number of rotatable bonds is 5. The Morgan fingerprint density at radius 2 is 2.07 bits per heavy atom. The van der Waals surface area contributed by atoms with Gasteiger partial charge in [0.15, 0.2) is 5.82 Å². The molecule has 0 spiro atoms. The van der Waals surface area contributed by atoms with Crippen molar-refractivity contribution in [2.45, 2.75) is 18.0 Å². The number of alkyl halides is 1. The van der Waals surface area contributed by atoms with Gasteiger partial charge in [-0.15, -0.1) is 16.7 Å². The minimum atomic E-state index is -0.714. The average molecular weight is 442 g/mol. The Labute approximate surface area is 180 Å². The van der Waals surface area contributed by atoms with Crippen LogP contribution in [0.4, 0.5) is 0 Å². The zero-order valence-corrected chi connectivity index (χ0v) is 17.3. The summed E-state index contributed by atoms with van der Waals surface area (Å²) in [5.74, 6) is 0.938. The lowest BCUT2D eigenvalue weighted by Crippen LogP contribution is -2.62. The van der Waals surface area contributed by atoms with Crippen LogP contribution in [0.25, 0.3) is 11.0 Å². The van der Waals surface area contributed by atoms with E-state index in [4.69, 9.17) is 28.6 Å². The molecule has 0 bridgehead atoms. The molecule has 2 unspecified atom stereocenters. The summed E-state index contributed by atoms with van der Waals surface area (Å²) >= 11 is 11.8. The number of para-hydroxylation sites is 1. The lowest BCUT2D eigenvalue weighted by atomic mass is 9.95. The quantitative estimate of drug-likeness (QED) is 0.290. The number of nitrogens with one attached hydrogen (secondary N) is 1. The largest absolute Gasteiger partial charge is 0.497 e. The van der Waals surface area contributed by atoms with Crippen molar-refractivity contribution in [3.05, 3.63) is 64.7 Å². The number of carbonyl (C=O) groups excluding carboxylic acids is 1. The second kappa shape index (κ2) is 7.22. The molecule has 9 nitrogen and oxygen atoms in total. The fraction of sp³-hybridized carbons (Fsp3) is 0.211. The SMILES string of the molecule is COc1cccc(C2C(Cl)C(=O)N2n2c(Cn3nnc4ccccc43)n[nH]c2=S)c1. The molecule has 0 aliphatic carbocycles. The van der Waals surface area contributed by atoms with Crippen LogP contribution in [0.1, 0.15) is 17.4 Å². The summed E-state index contributed by atoms with van der Waals surface area (Å²) in [4.78, 5) is 12.7. The molecule has 5 rings (SSSR count). The zero-order chi connectivity index (χ0) is 20.8. The van der Waals surface area contributed by atoms with E-state index in [1.807, 2.05) is 48.5 Å². The number of H-pyrrole nitrogens is 1. The van der Waals surface area contributed by atoms with Crippen LogP contribution >= 0.6 is 23.8 Å². The Bertz CT molecular complexity index is 1310. The first-order chi connectivity index (χ1) is 14.6. The number of β-lactam (4-membered cyclic amide) rings is 1. The van der Waals surface area contributed by atoms with Gasteiger partial charge in [0.25, 0.3) is 5.91 Å². The van der Waals surface area contributed by atoms with Crippen LogP contribution in [0.15, 0.2) is 48.5 Å². The molecule has 3 heterocycles. The molecule has 30 heavy (non-hydrogen) atoms. The van der Waals surface area contributed by atoms with Gasteiger partial charge in [0.2, 0.25) is 4.77 Å². The predicted octanol–water partition coefficient (Wildman–Crippen LogP) is 2.57. The Morgan fingerprint density at radius 1 is 1.23 bits per heavy atom. The number of hydrogen-bond donors (Lipinski definition) is 1. The van der Waals surface area contributed by atoms with E-state index in [0.29, 0.717) is 16.3 Å². The predicted molar refractivity (Wildman–Crippen MR) is 113 cm³/mol. The molecule has 11 heteroatoms. The molecular weight excluding hydrogens is 426 g/mol. The third kappa shape index (κ3) is 2.87. The van der Waals surface area contributed by atoms with Gasteiger partial charge >= 0.3 is 0 Å². The highest BCUT2D eigenvalue weighted by Gasteiger charge is 2.49. The molecule has 1 saturated heterocycles. The molecular formula is C19H16ClN7O2S. The highest BCUT2D eigenvalue weighted by molar-refractivity contribution is 7.71. The second-order valence-electron chi connectivity index (χ2n) is 6.80. The third-order valence-electron chi connectivity index (χ3n) is 5.08. The number of nitrogens with zero attached hydrogens (tertiary/aromatic N) is 6. The number of halogens is 1. The molecule has 2 aromatic heterocycles. The van der Waals surface area contributed by atoms with E-state index in [-0.39, 0.29) is 12.5 Å². The number of amides is 1. The van der Waals surface area contributed by atoms with Crippen molar-refractivity contribution in [3.8, 4) is 5.75 Å². The van der Waals surface area contributed by atoms with Crippen molar-refractivity contribution in [1.29, 1.82) is 0 Å². The summed E-state index contributed by atoms with van der Waals surface area (Å²) in [7, 11) is 1.59. The van der Waals surface area contributed by atoms with Crippen LogP contribution < -0.4 is 9.75 Å². The summed E-state index contributed by atoms with van der Waals surface area (Å²) in [6.07, 6.45) is 0. The summed E-state index contributed by atoms with van der Waals surface area (Å²) in [5.41, 5.74) is 2.47. The van der Waals surface area contributed by atoms with Crippen molar-refractivity contribution in [3.63, 3.8) is 0 Å². The molecule has 2 atom stereocenters. The van der Waals surface area contributed by atoms with Gasteiger partial charge in [-0.1, -0.05) is 29.5 Å². The summed E-state index contributed by atoms with van der Waals surface area (Å²) < 4.78 is 8.89. The number of aromatic nitrogens is 6. The van der Waals surface area contributed by atoms with Crippen molar-refractivity contribution in [2.24, 2.45) is 0 Å². The summed E-state index contributed by atoms with van der Waals surface area (Å²) in [6, 6.07) is 14.6. The number of aromatic amines is 1. The minimum Gasteiger partial charge on any atom is -0.497 e. The molecule has 1 aliphatic heterocycles. The molecule has 1 N–H and O–H groups in total. The highest BCUT2D eigenvalue weighted by Crippen LogP contribution is 2.38. The van der Waals surface area contributed by atoms with Crippen LogP contribution in [0.2, 0.25) is 0 Å². The van der Waals surface area contributed by atoms with Gasteiger partial charge in [-0.2, -0.15) is 5.10 Å². The third-order valence-corrected chi connectivity index (χ3v) is 5.77. The molecule has 0 radical (unpaired) electrons. The summed E-state index contributed by atoms with van der Waals surface area (Å²) in [6.45, 7) is 0.273. The van der Waals surface area contributed by atoms with E-state index in [1.165, 1.54) is 5.01 Å². The Hall–Kier alpha value is -3.24. The number of methoxy groups -OCH3 is 1. The molecule has 0 saturated carbocycles. The van der Waals surface area contributed by atoms with Crippen LogP contribution in [0, 0.1) is 4.77 Å². The fourth-order valence-electron chi connectivity index (χ4n) is 3.62. The second-order valence-corrected chi connectivity index (χ2v) is 7.66. The molecule has 152 valence electrons. The smallest absolute Gasteiger partial charge is 0.262 e. The van der Waals surface area contributed by atoms with Gasteiger partial charge in [0.05, 0.1) is 12.6 Å². The van der Waals surface area contributed by atoms with Crippen LogP contribution in [0.5, 0.6) is 5.75 Å². The van der Waals surface area contributed by atoms with E-state index >= 15 is 0 Å². The van der Waals surface area contributed by atoms with Gasteiger partial charge in [0, 0.05) is 0 Å². The van der Waals surface area contributed by atoms with Crippen molar-refractivity contribution in [1.82, 2.24) is 29.9 Å². The lowest BCUT2D eigenvalue weighted by molar-refractivity contribution is -0.126. The van der Waals surface area contributed by atoms with Gasteiger partial charge in [-0.3, -0.25) is 9.89 Å². The van der Waals surface area contributed by atoms with Gasteiger partial charge in [-0.05, 0) is 42.0 Å². The van der Waals surface area contributed by atoms with E-state index in [0.717, 1.165) is 16.6 Å². The number of benzene rings is 2. The number of ether oxygens (including phenoxy) is 1. The van der Waals surface area contributed by atoms with Gasteiger partial charge < -0.3 is 4.74 Å². The first-order valence-corrected chi connectivity index (χ1v) is 9.99. The number of carbonyl (C=O) groups is 1. The zero-order valence-electron chi connectivity index (χ0n) is 15.8. The Morgan fingerprint density at radius 3 is 2.90 bits per heavy atom. The Kier molecular flexibility index (Phi) is 4.52. The monoisotopic (exact) mass is 441 g/mol. The Balaban J connectivity index is 1.54. The molecule has 1 aliphatic rings. The van der Waals surface area contributed by atoms with Crippen molar-refractivity contribution in [2.75, 3.05) is 12.1 Å². The van der Waals surface area contributed by atoms with Gasteiger partial charge in [-0.25, -0.2) is 14.4 Å². The van der Waals surface area contributed by atoms with Crippen LogP contribution in [0.3, 0.4) is 0 Å². The fourth-order valence-corrected chi connectivity index (χ4v) is 4.21. The summed E-state index contributed by atoms with van der Waals surface area (Å²) in [5, 5.41) is 16.3. The highest BCUT2D eigenvalue weighted by atomic mass is 35.5. The van der Waals surface area contributed by atoms with E-state index in [1.54, 1.807) is 16.5 Å². The van der Waals surface area contributed by atoms with E-state index in [9.17, 15) is 4.79 Å². The van der Waals surface area contributed by atoms with Crippen LogP contribution in [-0.4, -0.2) is 48.3 Å². The van der Waals surface area contributed by atoms with Crippen molar-refractivity contribution >= 4 is 40.8 Å². The maximum absolute atomic E-state index is 12.7. The molecule has 2 aromatic carbocycles. The minimum absolute atomic E-state index is 0.258. The topological polar surface area (TPSA) is 93.9 Å². The molecule has 4 aromatic rings. The molecule has 1 fully saturated rings. The van der Waals surface area contributed by atoms with E-state index in [2.05, 4.69) is 20.5 Å². The standard InChI is InChI=1S/C19H16ClN7O2S/c1-29-12-6-4-5-11(9-12)17-16(20)18(28)27(17)26-15(22-23-19(26)30)10-25-14-8-3-2-7-13(14)21-24-25/h2-9,16-17H,10H2,1H3,(H,23,30). The van der Waals surface area contributed by atoms with Crippen molar-refractivity contribution < 1.29 is 9.53 Å². The maximum atomic E-state index is 12.7. The maximum Gasteiger partial charge on any atom is 0.262 e. The normalized spacial score (nSPS) is 18.6. The van der Waals surface area contributed by atoms with Crippen LogP contribution in [-0.2, 0) is 11.3 Å².